The summed E-state index contributed by atoms with van der Waals surface area (Å²) < 4.78 is 0.0499. The molecule has 18 heavy (non-hydrogen) atoms. The van der Waals surface area contributed by atoms with Crippen LogP contribution in [0.3, 0.4) is 0 Å². The first-order valence-electron chi connectivity index (χ1n) is 6.34. The van der Waals surface area contributed by atoms with Crippen LogP contribution in [0.5, 0.6) is 0 Å². The van der Waals surface area contributed by atoms with Crippen LogP contribution in [-0.2, 0) is 24.2 Å². The van der Waals surface area contributed by atoms with Gasteiger partial charge in [0.2, 0.25) is 0 Å². The molecule has 0 amide bonds. The fraction of sp³-hybridized carbons (Fsp3) is 0.176. The first-order chi connectivity index (χ1) is 8.82. The fourth-order valence-corrected chi connectivity index (χ4v) is 3.56. The van der Waals surface area contributed by atoms with E-state index in [4.69, 9.17) is 0 Å². The van der Waals surface area contributed by atoms with E-state index in [1.165, 1.54) is 16.7 Å². The van der Waals surface area contributed by atoms with Crippen LogP contribution in [0.25, 0.3) is 0 Å². The number of hydrogen-bond acceptors (Lipinski definition) is 0. The Labute approximate surface area is 122 Å². The second kappa shape index (κ2) is 4.87. The van der Waals surface area contributed by atoms with Gasteiger partial charge in [0.05, 0.1) is 0 Å². The SMILES string of the molecule is [H-].[Ti][C](C1=CC=CC1)(C1=CC=CC1)c1ccccc1. The van der Waals surface area contributed by atoms with Crippen molar-refractivity contribution in [2.45, 2.75) is 16.6 Å². The van der Waals surface area contributed by atoms with Crippen molar-refractivity contribution in [3.05, 3.63) is 83.5 Å². The third kappa shape index (κ3) is 1.90. The van der Waals surface area contributed by atoms with Crippen LogP contribution in [0.4, 0.5) is 0 Å². The summed E-state index contributed by atoms with van der Waals surface area (Å²) in [5.74, 6) is 0. The maximum atomic E-state index is 2.36. The van der Waals surface area contributed by atoms with E-state index in [9.17, 15) is 0 Å². The average molecular weight is 268 g/mol. The van der Waals surface area contributed by atoms with Gasteiger partial charge in [-0.3, -0.25) is 0 Å². The molecule has 1 aromatic rings. The molecule has 89 valence electrons. The molecule has 0 N–H and O–H groups in total. The zero-order chi connectivity index (χ0) is 12.4. The fourth-order valence-electron chi connectivity index (χ4n) is 2.72. The normalized spacial score (nSPS) is 17.9. The van der Waals surface area contributed by atoms with Crippen molar-refractivity contribution in [2.75, 3.05) is 0 Å². The third-order valence-electron chi connectivity index (χ3n) is 3.71. The van der Waals surface area contributed by atoms with E-state index in [1.807, 2.05) is 0 Å². The molecule has 0 atom stereocenters. The van der Waals surface area contributed by atoms with Gasteiger partial charge >= 0.3 is 120 Å². The average Bonchev–Trinajstić information content (AvgIpc) is 3.12. The number of hydrogen-bond donors (Lipinski definition) is 0. The van der Waals surface area contributed by atoms with E-state index in [1.54, 1.807) is 0 Å². The molecule has 0 fully saturated rings. The quantitative estimate of drug-likeness (QED) is 0.716. The molecule has 0 saturated carbocycles. The van der Waals surface area contributed by atoms with Crippen molar-refractivity contribution in [1.29, 1.82) is 0 Å². The summed E-state index contributed by atoms with van der Waals surface area (Å²) in [6, 6.07) is 10.9. The molecule has 0 unspecified atom stereocenters. The van der Waals surface area contributed by atoms with Crippen LogP contribution in [0.1, 0.15) is 19.8 Å². The molecule has 0 aromatic heterocycles. The van der Waals surface area contributed by atoms with Gasteiger partial charge < -0.3 is 1.43 Å². The molecule has 0 saturated heterocycles. The van der Waals surface area contributed by atoms with Crippen LogP contribution in [-0.4, -0.2) is 0 Å². The molecule has 1 aromatic carbocycles. The van der Waals surface area contributed by atoms with Crippen molar-refractivity contribution in [1.82, 2.24) is 0 Å². The van der Waals surface area contributed by atoms with Crippen molar-refractivity contribution >= 4 is 0 Å². The Morgan fingerprint density at radius 1 is 0.889 bits per heavy atom. The Kier molecular flexibility index (Phi) is 3.24. The Balaban J connectivity index is 0.00000133. The third-order valence-corrected chi connectivity index (χ3v) is 5.17. The van der Waals surface area contributed by atoms with Crippen molar-refractivity contribution in [3.63, 3.8) is 0 Å². The van der Waals surface area contributed by atoms with Gasteiger partial charge in [0.25, 0.3) is 0 Å². The van der Waals surface area contributed by atoms with Crippen LogP contribution < -0.4 is 0 Å². The molecule has 3 rings (SSSR count). The summed E-state index contributed by atoms with van der Waals surface area (Å²) >= 11 is 2.36. The zero-order valence-electron chi connectivity index (χ0n) is 11.3. The van der Waals surface area contributed by atoms with E-state index in [-0.39, 0.29) is 5.15 Å². The van der Waals surface area contributed by atoms with Gasteiger partial charge in [-0.05, 0) is 0 Å². The van der Waals surface area contributed by atoms with Crippen LogP contribution in [0.2, 0.25) is 0 Å². The van der Waals surface area contributed by atoms with Crippen LogP contribution in [0.15, 0.2) is 77.9 Å². The van der Waals surface area contributed by atoms with Crippen molar-refractivity contribution < 1.29 is 21.9 Å². The van der Waals surface area contributed by atoms with E-state index < -0.39 is 0 Å². The Bertz CT molecular complexity index is 534. The Hall–Kier alpha value is -1.11. The summed E-state index contributed by atoms with van der Waals surface area (Å²) in [6.45, 7) is 0. The standard InChI is InChI=1S/C17H15.Ti.H/c1-2-8-14(9-3-1)17(15-10-4-5-11-15)16-12-6-7-13-16;;/h1-10,12H,11,13H2;;/q;;-1. The number of benzene rings is 1. The van der Waals surface area contributed by atoms with Crippen LogP contribution in [0, 0.1) is 0 Å². The molecular weight excluding hydrogens is 252 g/mol. The van der Waals surface area contributed by atoms with Crippen molar-refractivity contribution in [3.8, 4) is 0 Å². The summed E-state index contributed by atoms with van der Waals surface area (Å²) in [6.07, 6.45) is 15.6. The number of allylic oxidation sites excluding steroid dienone is 8. The minimum atomic E-state index is 0. The predicted octanol–water partition coefficient (Wildman–Crippen LogP) is 4.31. The number of rotatable bonds is 3. The van der Waals surface area contributed by atoms with Crippen LogP contribution >= 0.6 is 0 Å². The van der Waals surface area contributed by atoms with Gasteiger partial charge in [-0.2, -0.15) is 0 Å². The second-order valence-corrected chi connectivity index (χ2v) is 5.94. The Morgan fingerprint density at radius 3 is 1.89 bits per heavy atom. The first kappa shape index (κ1) is 12.0. The van der Waals surface area contributed by atoms with Gasteiger partial charge in [-0.25, -0.2) is 0 Å². The van der Waals surface area contributed by atoms with Gasteiger partial charge in [-0.15, -0.1) is 0 Å². The molecular formula is C17H16Ti-. The molecule has 0 spiro atoms. The zero-order valence-corrected chi connectivity index (χ0v) is 11.8. The Morgan fingerprint density at radius 2 is 1.44 bits per heavy atom. The van der Waals surface area contributed by atoms with Gasteiger partial charge in [0.1, 0.15) is 0 Å². The topological polar surface area (TPSA) is 0 Å². The molecule has 1 heteroatoms. The van der Waals surface area contributed by atoms with Crippen molar-refractivity contribution in [2.24, 2.45) is 0 Å². The molecule has 0 radical (unpaired) electrons. The van der Waals surface area contributed by atoms with E-state index in [0.717, 1.165) is 12.8 Å². The summed E-state index contributed by atoms with van der Waals surface area (Å²) in [7, 11) is 0. The van der Waals surface area contributed by atoms with E-state index >= 15 is 0 Å². The monoisotopic (exact) mass is 268 g/mol. The minimum absolute atomic E-state index is 0. The maximum absolute atomic E-state index is 2.36. The molecule has 0 heterocycles. The van der Waals surface area contributed by atoms with E-state index in [0.29, 0.717) is 0 Å². The summed E-state index contributed by atoms with van der Waals surface area (Å²) in [5.41, 5.74) is 4.40. The second-order valence-electron chi connectivity index (χ2n) is 4.76. The molecule has 2 aliphatic rings. The molecule has 0 bridgehead atoms. The molecule has 0 nitrogen and oxygen atoms in total. The first-order valence-corrected chi connectivity index (χ1v) is 7.13. The van der Waals surface area contributed by atoms with E-state index in [2.05, 4.69) is 87.2 Å². The summed E-state index contributed by atoms with van der Waals surface area (Å²) in [4.78, 5) is 0. The summed E-state index contributed by atoms with van der Waals surface area (Å²) in [5, 5.41) is 0. The molecule has 0 aliphatic heterocycles. The van der Waals surface area contributed by atoms with Gasteiger partial charge in [0.15, 0.2) is 0 Å². The molecule has 2 aliphatic carbocycles. The van der Waals surface area contributed by atoms with Gasteiger partial charge in [0, 0.05) is 0 Å². The van der Waals surface area contributed by atoms with Gasteiger partial charge in [-0.1, -0.05) is 0 Å². The predicted molar refractivity (Wildman–Crippen MR) is 72.9 cm³/mol.